The molecule has 1 aromatic carbocycles. The van der Waals surface area contributed by atoms with Gasteiger partial charge in [-0.15, -0.1) is 4.73 Å². The Bertz CT molecular complexity index is 813. The third kappa shape index (κ3) is 2.95. The zero-order chi connectivity index (χ0) is 16.3. The SMILES string of the molecule is O=C(On1cc([N+](=O)[O-])cc([N+](=O)[O-])c1=O)c1ccccc1. The van der Waals surface area contributed by atoms with Gasteiger partial charge in [0.1, 0.15) is 12.3 Å². The van der Waals surface area contributed by atoms with E-state index in [1.54, 1.807) is 6.07 Å². The summed E-state index contributed by atoms with van der Waals surface area (Å²) in [6.45, 7) is 0. The smallest absolute Gasteiger partial charge is 0.328 e. The maximum absolute atomic E-state index is 11.8. The Morgan fingerprint density at radius 2 is 1.73 bits per heavy atom. The average Bonchev–Trinajstić information content (AvgIpc) is 2.49. The number of aromatic nitrogens is 1. The molecule has 2 aromatic rings. The first-order chi connectivity index (χ1) is 10.4. The van der Waals surface area contributed by atoms with Crippen molar-refractivity contribution in [3.8, 4) is 0 Å². The number of nitro groups is 2. The quantitative estimate of drug-likeness (QED) is 0.605. The summed E-state index contributed by atoms with van der Waals surface area (Å²) in [4.78, 5) is 47.7. The summed E-state index contributed by atoms with van der Waals surface area (Å²) in [5.41, 5.74) is -3.05. The lowest BCUT2D eigenvalue weighted by Crippen LogP contribution is -2.31. The second-order valence-electron chi connectivity index (χ2n) is 3.97. The highest BCUT2D eigenvalue weighted by atomic mass is 16.7. The van der Waals surface area contributed by atoms with Crippen molar-refractivity contribution in [1.82, 2.24) is 4.73 Å². The van der Waals surface area contributed by atoms with Gasteiger partial charge in [0, 0.05) is 0 Å². The molecule has 10 heteroatoms. The molecule has 0 saturated heterocycles. The van der Waals surface area contributed by atoms with Crippen molar-refractivity contribution in [3.05, 3.63) is 78.7 Å². The first-order valence-corrected chi connectivity index (χ1v) is 5.73. The lowest BCUT2D eigenvalue weighted by atomic mass is 10.2. The highest BCUT2D eigenvalue weighted by Gasteiger charge is 2.24. The first-order valence-electron chi connectivity index (χ1n) is 5.73. The molecule has 112 valence electrons. The number of nitrogens with zero attached hydrogens (tertiary/aromatic N) is 3. The Morgan fingerprint density at radius 1 is 1.09 bits per heavy atom. The van der Waals surface area contributed by atoms with Gasteiger partial charge in [-0.25, -0.2) is 4.79 Å². The normalized spacial score (nSPS) is 10.0. The predicted molar refractivity (Wildman–Crippen MR) is 71.4 cm³/mol. The Balaban J connectivity index is 2.46. The molecule has 0 bridgehead atoms. The maximum atomic E-state index is 11.8. The number of benzene rings is 1. The highest BCUT2D eigenvalue weighted by Crippen LogP contribution is 2.14. The van der Waals surface area contributed by atoms with Crippen molar-refractivity contribution in [3.63, 3.8) is 0 Å². The van der Waals surface area contributed by atoms with Crippen LogP contribution in [-0.4, -0.2) is 20.5 Å². The minimum absolute atomic E-state index is 0.0727. The van der Waals surface area contributed by atoms with Gasteiger partial charge in [-0.05, 0) is 12.1 Å². The van der Waals surface area contributed by atoms with Crippen LogP contribution in [0.25, 0.3) is 0 Å². The largest absolute Gasteiger partial charge is 0.363 e. The molecular weight excluding hydrogens is 298 g/mol. The van der Waals surface area contributed by atoms with E-state index in [1.807, 2.05) is 0 Å². The second kappa shape index (κ2) is 5.83. The summed E-state index contributed by atoms with van der Waals surface area (Å²) in [5.74, 6) is -0.988. The van der Waals surface area contributed by atoms with Crippen LogP contribution >= 0.6 is 0 Å². The molecule has 10 nitrogen and oxygen atoms in total. The number of hydrogen-bond donors (Lipinski definition) is 0. The van der Waals surface area contributed by atoms with Crippen LogP contribution in [0, 0.1) is 20.2 Å². The fourth-order valence-electron chi connectivity index (χ4n) is 1.55. The van der Waals surface area contributed by atoms with E-state index in [-0.39, 0.29) is 10.3 Å². The molecular formula is C12H7N3O7. The third-order valence-electron chi connectivity index (χ3n) is 2.55. The molecule has 22 heavy (non-hydrogen) atoms. The molecule has 0 aliphatic carbocycles. The zero-order valence-electron chi connectivity index (χ0n) is 10.7. The molecule has 0 aliphatic heterocycles. The van der Waals surface area contributed by atoms with Crippen molar-refractivity contribution in [2.24, 2.45) is 0 Å². The Hall–Kier alpha value is -3.56. The van der Waals surface area contributed by atoms with Gasteiger partial charge in [0.15, 0.2) is 0 Å². The van der Waals surface area contributed by atoms with Gasteiger partial charge in [-0.2, -0.15) is 0 Å². The van der Waals surface area contributed by atoms with Crippen LogP contribution in [0.5, 0.6) is 0 Å². The standard InChI is InChI=1S/C12H7N3O7/c16-11-10(15(20)21)6-9(14(18)19)7-13(11)22-12(17)8-4-2-1-3-5-8/h1-7H. The lowest BCUT2D eigenvalue weighted by Gasteiger charge is -2.05. The molecule has 0 unspecified atom stereocenters. The fraction of sp³-hybridized carbons (Fsp3) is 0. The summed E-state index contributed by atoms with van der Waals surface area (Å²) >= 11 is 0. The van der Waals surface area contributed by atoms with Crippen molar-refractivity contribution in [1.29, 1.82) is 0 Å². The summed E-state index contributed by atoms with van der Waals surface area (Å²) in [7, 11) is 0. The number of hydrogen-bond acceptors (Lipinski definition) is 7. The van der Waals surface area contributed by atoms with Crippen molar-refractivity contribution in [2.75, 3.05) is 0 Å². The van der Waals surface area contributed by atoms with E-state index in [0.717, 1.165) is 0 Å². The number of rotatable bonds is 4. The highest BCUT2D eigenvalue weighted by molar-refractivity contribution is 5.89. The Labute approximate surface area is 121 Å². The molecule has 0 atom stereocenters. The molecule has 2 rings (SSSR count). The van der Waals surface area contributed by atoms with Gasteiger partial charge in [0.05, 0.1) is 15.4 Å². The van der Waals surface area contributed by atoms with Crippen LogP contribution in [-0.2, 0) is 0 Å². The van der Waals surface area contributed by atoms with Gasteiger partial charge in [-0.3, -0.25) is 25.0 Å². The lowest BCUT2D eigenvalue weighted by molar-refractivity contribution is -0.396. The van der Waals surface area contributed by atoms with Gasteiger partial charge in [0.2, 0.25) is 0 Å². The molecule has 0 amide bonds. The van der Waals surface area contributed by atoms with E-state index in [4.69, 9.17) is 0 Å². The van der Waals surface area contributed by atoms with Crippen LogP contribution in [0.1, 0.15) is 10.4 Å². The van der Waals surface area contributed by atoms with Crippen molar-refractivity contribution in [2.45, 2.75) is 0 Å². The molecule has 0 fully saturated rings. The van der Waals surface area contributed by atoms with Crippen molar-refractivity contribution >= 4 is 17.3 Å². The zero-order valence-corrected chi connectivity index (χ0v) is 10.7. The molecule has 0 radical (unpaired) electrons. The maximum Gasteiger partial charge on any atom is 0.363 e. The molecule has 0 aliphatic rings. The van der Waals surface area contributed by atoms with E-state index >= 15 is 0 Å². The molecule has 0 saturated carbocycles. The number of carbonyl (C=O) groups is 1. The van der Waals surface area contributed by atoms with Crippen LogP contribution in [0.2, 0.25) is 0 Å². The number of carbonyl (C=O) groups excluding carboxylic acids is 1. The van der Waals surface area contributed by atoms with Gasteiger partial charge in [-0.1, -0.05) is 18.2 Å². The van der Waals surface area contributed by atoms with Gasteiger partial charge in [0.25, 0.3) is 5.69 Å². The Morgan fingerprint density at radius 3 is 2.27 bits per heavy atom. The van der Waals surface area contributed by atoms with E-state index in [9.17, 15) is 29.8 Å². The summed E-state index contributed by atoms with van der Waals surface area (Å²) < 4.78 is 0.172. The topological polar surface area (TPSA) is 135 Å². The van der Waals surface area contributed by atoms with E-state index < -0.39 is 32.7 Å². The first kappa shape index (κ1) is 14.8. The Kier molecular flexibility index (Phi) is 3.93. The third-order valence-corrected chi connectivity index (χ3v) is 2.55. The van der Waals surface area contributed by atoms with Crippen molar-refractivity contribution < 1.29 is 19.5 Å². The monoisotopic (exact) mass is 305 g/mol. The molecule has 1 heterocycles. The molecule has 0 N–H and O–H groups in total. The van der Waals surface area contributed by atoms with E-state index in [0.29, 0.717) is 12.3 Å². The minimum Gasteiger partial charge on any atom is -0.328 e. The summed E-state index contributed by atoms with van der Waals surface area (Å²) in [6.07, 6.45) is 0.593. The summed E-state index contributed by atoms with van der Waals surface area (Å²) in [5, 5.41) is 21.5. The van der Waals surface area contributed by atoms with Crippen LogP contribution in [0.15, 0.2) is 47.4 Å². The number of pyridine rings is 1. The predicted octanol–water partition coefficient (Wildman–Crippen LogP) is 0.934. The van der Waals surface area contributed by atoms with E-state index in [2.05, 4.69) is 4.84 Å². The van der Waals surface area contributed by atoms with Crippen LogP contribution < -0.4 is 10.4 Å². The van der Waals surface area contributed by atoms with Gasteiger partial charge < -0.3 is 4.84 Å². The fourth-order valence-corrected chi connectivity index (χ4v) is 1.55. The van der Waals surface area contributed by atoms with E-state index in [1.165, 1.54) is 24.3 Å². The van der Waals surface area contributed by atoms with Gasteiger partial charge >= 0.3 is 17.2 Å². The van der Waals surface area contributed by atoms with Crippen LogP contribution in [0.3, 0.4) is 0 Å². The summed E-state index contributed by atoms with van der Waals surface area (Å²) in [6, 6.07) is 7.99. The molecule has 0 spiro atoms. The second-order valence-corrected chi connectivity index (χ2v) is 3.97. The van der Waals surface area contributed by atoms with Crippen LogP contribution in [0.4, 0.5) is 11.4 Å². The minimum atomic E-state index is -1.29. The molecule has 1 aromatic heterocycles. The average molecular weight is 305 g/mol.